The lowest BCUT2D eigenvalue weighted by atomic mass is 9.64. The van der Waals surface area contributed by atoms with Crippen molar-refractivity contribution in [2.24, 2.45) is 0 Å². The minimum absolute atomic E-state index is 0.161. The molecule has 0 aliphatic carbocycles. The van der Waals surface area contributed by atoms with E-state index in [4.69, 9.17) is 59.3 Å². The summed E-state index contributed by atoms with van der Waals surface area (Å²) >= 11 is 0. The molecule has 12 aromatic rings. The molecule has 0 aliphatic heterocycles. The monoisotopic (exact) mass is 796 g/mol. The molecule has 0 saturated heterocycles. The molecule has 0 aliphatic rings. The zero-order valence-corrected chi connectivity index (χ0v) is 34.4. The lowest BCUT2D eigenvalue weighted by molar-refractivity contribution is 0.668. The molecule has 0 fully saturated rings. The van der Waals surface area contributed by atoms with Crippen molar-refractivity contribution in [2.45, 2.75) is 0 Å². The third-order valence-corrected chi connectivity index (χ3v) is 12.9. The van der Waals surface area contributed by atoms with Crippen LogP contribution in [0.1, 0.15) is 0 Å². The Balaban J connectivity index is 1.12. The van der Waals surface area contributed by atoms with Gasteiger partial charge in [-0.2, -0.15) is 0 Å². The van der Waals surface area contributed by atoms with Crippen LogP contribution in [0, 0.1) is 0 Å². The second kappa shape index (κ2) is 14.4. The van der Waals surface area contributed by atoms with Gasteiger partial charge in [-0.15, -0.1) is 10.9 Å². The van der Waals surface area contributed by atoms with Crippen molar-refractivity contribution in [1.82, 2.24) is 9.13 Å². The number of furan rings is 1. The Labute approximate surface area is 379 Å². The van der Waals surface area contributed by atoms with E-state index in [1.807, 2.05) is 65.2 Å². The van der Waals surface area contributed by atoms with Crippen molar-refractivity contribution in [1.29, 1.82) is 0 Å². The SMILES string of the molecule is [B]c1c([B])c([B])c2c(c1[B])c1c([B])c(-c3ccc4c(c3)c3cc(-c5ccccc5)ccc3n4-c3ccc(-c4ccccc4)cc3)c([B])c([B])c1n2-c1ccc2c(c1)oc1ccccc12. The second-order valence-electron chi connectivity index (χ2n) is 16.4. The molecule has 9 aromatic carbocycles. The minimum atomic E-state index is 0.161. The molecule has 280 valence electrons. The summed E-state index contributed by atoms with van der Waals surface area (Å²) in [6.45, 7) is 0. The standard InChI is InChI=1S/C54H27B7N2O/c55-46-43(47(56)51(60)53-44(46)45-48(57)49(58)50(59)52(61)54(45)63(53)34-21-22-36-35-13-7-8-14-41(35)64-42(36)27-34)32-18-24-40-38(26-32)37-25-31(29-11-5-2-6-12-29)17-23-39(37)62(40)33-19-15-30(16-20-33)28-9-3-1-4-10-28/h1-27H. The van der Waals surface area contributed by atoms with Gasteiger partial charge in [0.15, 0.2) is 0 Å². The van der Waals surface area contributed by atoms with E-state index in [1.54, 1.807) is 0 Å². The molecule has 3 aromatic heterocycles. The molecule has 0 saturated carbocycles. The number of para-hydroxylation sites is 1. The number of rotatable bonds is 5. The highest BCUT2D eigenvalue weighted by Crippen LogP contribution is 2.39. The number of hydrogen-bond acceptors (Lipinski definition) is 1. The predicted octanol–water partition coefficient (Wildman–Crippen LogP) is 6.34. The maximum Gasteiger partial charge on any atom is 0.137 e. The fourth-order valence-electron chi connectivity index (χ4n) is 9.82. The Bertz CT molecular complexity index is 3910. The molecular formula is C54H27B7N2O. The summed E-state index contributed by atoms with van der Waals surface area (Å²) < 4.78 is 10.5. The van der Waals surface area contributed by atoms with Crippen molar-refractivity contribution in [2.75, 3.05) is 0 Å². The van der Waals surface area contributed by atoms with Gasteiger partial charge in [-0.3, -0.25) is 0 Å². The number of benzene rings is 9. The molecule has 14 radical (unpaired) electrons. The topological polar surface area (TPSA) is 23.0 Å². The van der Waals surface area contributed by atoms with E-state index < -0.39 is 0 Å². The van der Waals surface area contributed by atoms with Gasteiger partial charge < -0.3 is 13.6 Å². The Kier molecular flexibility index (Phi) is 8.69. The highest BCUT2D eigenvalue weighted by Gasteiger charge is 2.25. The zero-order chi connectivity index (χ0) is 43.5. The van der Waals surface area contributed by atoms with Crippen LogP contribution in [0.2, 0.25) is 0 Å². The van der Waals surface area contributed by atoms with Gasteiger partial charge >= 0.3 is 0 Å². The first-order chi connectivity index (χ1) is 31.2. The third-order valence-electron chi connectivity index (χ3n) is 12.9. The Morgan fingerprint density at radius 1 is 0.312 bits per heavy atom. The van der Waals surface area contributed by atoms with Crippen LogP contribution in [0.3, 0.4) is 0 Å². The normalized spacial score (nSPS) is 11.9. The first-order valence-electron chi connectivity index (χ1n) is 21.0. The lowest BCUT2D eigenvalue weighted by Crippen LogP contribution is -2.48. The smallest absolute Gasteiger partial charge is 0.137 e. The molecule has 0 bridgehead atoms. The van der Waals surface area contributed by atoms with E-state index in [1.165, 1.54) is 0 Å². The molecule has 0 atom stereocenters. The van der Waals surface area contributed by atoms with Crippen LogP contribution in [-0.4, -0.2) is 64.1 Å². The predicted molar refractivity (Wildman–Crippen MR) is 276 cm³/mol. The van der Waals surface area contributed by atoms with Crippen molar-refractivity contribution >= 4 is 159 Å². The van der Waals surface area contributed by atoms with E-state index in [2.05, 4.69) is 108 Å². The quantitative estimate of drug-likeness (QED) is 0.187. The highest BCUT2D eigenvalue weighted by molar-refractivity contribution is 6.69. The average Bonchev–Trinajstić information content (AvgIpc) is 4.00. The number of fused-ring (bicyclic) bond motifs is 9. The van der Waals surface area contributed by atoms with Crippen LogP contribution in [0.4, 0.5) is 0 Å². The molecule has 10 heteroatoms. The first-order valence-corrected chi connectivity index (χ1v) is 21.0. The van der Waals surface area contributed by atoms with Gasteiger partial charge in [0.1, 0.15) is 66.1 Å². The fraction of sp³-hybridized carbons (Fsp3) is 0. The van der Waals surface area contributed by atoms with Gasteiger partial charge in [0.05, 0.1) is 11.0 Å². The van der Waals surface area contributed by atoms with E-state index in [0.717, 1.165) is 71.7 Å². The Morgan fingerprint density at radius 2 is 0.812 bits per heavy atom. The van der Waals surface area contributed by atoms with Crippen LogP contribution in [0.5, 0.6) is 0 Å². The van der Waals surface area contributed by atoms with Crippen LogP contribution in [-0.2, 0) is 0 Å². The van der Waals surface area contributed by atoms with Crippen LogP contribution < -0.4 is 38.2 Å². The number of nitrogens with zero attached hydrogens (tertiary/aromatic N) is 2. The summed E-state index contributed by atoms with van der Waals surface area (Å²) in [7, 11) is 48.7. The van der Waals surface area contributed by atoms with E-state index in [-0.39, 0.29) is 21.9 Å². The maximum atomic E-state index is 7.40. The summed E-state index contributed by atoms with van der Waals surface area (Å²) in [5.74, 6) is 0. The van der Waals surface area contributed by atoms with Gasteiger partial charge in [-0.1, -0.05) is 130 Å². The lowest BCUT2D eigenvalue weighted by Gasteiger charge is -2.19. The summed E-state index contributed by atoms with van der Waals surface area (Å²) in [6.07, 6.45) is 0. The van der Waals surface area contributed by atoms with Crippen LogP contribution in [0.25, 0.3) is 110 Å². The Morgan fingerprint density at radius 3 is 1.50 bits per heavy atom. The van der Waals surface area contributed by atoms with Crippen molar-refractivity contribution in [3.05, 3.63) is 164 Å². The number of aromatic nitrogens is 2. The third kappa shape index (κ3) is 5.58. The van der Waals surface area contributed by atoms with Crippen molar-refractivity contribution in [3.63, 3.8) is 0 Å². The van der Waals surface area contributed by atoms with Gasteiger partial charge in [0.2, 0.25) is 0 Å². The second-order valence-corrected chi connectivity index (χ2v) is 16.4. The maximum absolute atomic E-state index is 7.40. The van der Waals surface area contributed by atoms with Crippen molar-refractivity contribution < 1.29 is 4.42 Å². The molecule has 0 N–H and O–H groups in total. The van der Waals surface area contributed by atoms with E-state index in [9.17, 15) is 0 Å². The summed E-state index contributed by atoms with van der Waals surface area (Å²) in [6, 6.07) is 56.2. The van der Waals surface area contributed by atoms with Crippen LogP contribution in [0.15, 0.2) is 168 Å². The molecular weight excluding hydrogens is 768 g/mol. The Hall–Kier alpha value is -7.17. The molecule has 0 unspecified atom stereocenters. The van der Waals surface area contributed by atoms with Crippen LogP contribution >= 0.6 is 0 Å². The molecule has 3 nitrogen and oxygen atoms in total. The summed E-state index contributed by atoms with van der Waals surface area (Å²) in [5.41, 5.74) is 13.9. The van der Waals surface area contributed by atoms with Gasteiger partial charge in [0, 0.05) is 55.4 Å². The highest BCUT2D eigenvalue weighted by atomic mass is 16.3. The largest absolute Gasteiger partial charge is 0.456 e. The minimum Gasteiger partial charge on any atom is -0.456 e. The fourth-order valence-corrected chi connectivity index (χ4v) is 9.82. The summed E-state index contributed by atoms with van der Waals surface area (Å²) in [4.78, 5) is 0. The van der Waals surface area contributed by atoms with E-state index in [0.29, 0.717) is 55.0 Å². The van der Waals surface area contributed by atoms with Gasteiger partial charge in [-0.05, 0) is 93.4 Å². The molecule has 64 heavy (non-hydrogen) atoms. The average molecular weight is 796 g/mol. The van der Waals surface area contributed by atoms with Gasteiger partial charge in [-0.25, -0.2) is 0 Å². The molecule has 12 rings (SSSR count). The van der Waals surface area contributed by atoms with Gasteiger partial charge in [0.25, 0.3) is 0 Å². The molecule has 0 spiro atoms. The zero-order valence-electron chi connectivity index (χ0n) is 34.4. The van der Waals surface area contributed by atoms with E-state index >= 15 is 0 Å². The summed E-state index contributed by atoms with van der Waals surface area (Å²) in [5, 5.41) is 5.12. The molecule has 3 heterocycles. The number of hydrogen-bond donors (Lipinski definition) is 0. The van der Waals surface area contributed by atoms with Crippen molar-refractivity contribution in [3.8, 4) is 44.8 Å². The molecule has 0 amide bonds. The first kappa shape index (κ1) is 38.5.